The van der Waals surface area contributed by atoms with Gasteiger partial charge in [0.1, 0.15) is 5.75 Å². The molecule has 4 heteroatoms. The highest BCUT2D eigenvalue weighted by Gasteiger charge is 2.07. The topological polar surface area (TPSA) is 68.1 Å². The van der Waals surface area contributed by atoms with Crippen LogP contribution < -0.4 is 10.5 Å². The quantitative estimate of drug-likeness (QED) is 0.753. The Bertz CT molecular complexity index is 774. The number of rotatable bonds is 3. The number of amides is 1. The number of carbonyl (C=O) groups excluding carboxylic acids is 1. The normalized spacial score (nSPS) is 11.0. The van der Waals surface area contributed by atoms with Crippen molar-refractivity contribution < 1.29 is 9.53 Å². The predicted molar refractivity (Wildman–Crippen MR) is 75.3 cm³/mol. The Labute approximate surface area is 110 Å². The number of hydrogen-bond donors (Lipinski definition) is 2. The van der Waals surface area contributed by atoms with Gasteiger partial charge in [-0.05, 0) is 23.8 Å². The molecular formula is C15H14N2O2. The molecule has 0 bridgehead atoms. The van der Waals surface area contributed by atoms with Crippen molar-refractivity contribution in [2.24, 2.45) is 5.73 Å². The van der Waals surface area contributed by atoms with Crippen LogP contribution in [0.2, 0.25) is 0 Å². The maximum atomic E-state index is 11.0. The summed E-state index contributed by atoms with van der Waals surface area (Å²) in [5, 5.41) is 2.27. The molecule has 1 aromatic heterocycles. The minimum atomic E-state index is -0.322. The molecule has 0 saturated heterocycles. The van der Waals surface area contributed by atoms with Crippen LogP contribution in [0.25, 0.3) is 21.8 Å². The van der Waals surface area contributed by atoms with Crippen LogP contribution in [0.3, 0.4) is 0 Å². The second kappa shape index (κ2) is 4.31. The van der Waals surface area contributed by atoms with Crippen molar-refractivity contribution in [1.82, 2.24) is 4.98 Å². The highest BCUT2D eigenvalue weighted by Crippen LogP contribution is 2.28. The lowest BCUT2D eigenvalue weighted by molar-refractivity contribution is -0.117. The number of nitrogens with two attached hydrogens (primary N) is 1. The molecule has 0 fully saturated rings. The minimum absolute atomic E-state index is 0.259. The van der Waals surface area contributed by atoms with Crippen molar-refractivity contribution in [3.8, 4) is 5.75 Å². The molecule has 19 heavy (non-hydrogen) atoms. The lowest BCUT2D eigenvalue weighted by Crippen LogP contribution is -2.13. The van der Waals surface area contributed by atoms with Gasteiger partial charge in [0.15, 0.2) is 0 Å². The fourth-order valence-corrected chi connectivity index (χ4v) is 2.37. The van der Waals surface area contributed by atoms with Crippen LogP contribution in [-0.4, -0.2) is 18.0 Å². The third-order valence-electron chi connectivity index (χ3n) is 3.25. The molecule has 0 spiro atoms. The Kier molecular flexibility index (Phi) is 2.63. The van der Waals surface area contributed by atoms with Gasteiger partial charge >= 0.3 is 0 Å². The van der Waals surface area contributed by atoms with E-state index in [2.05, 4.69) is 4.98 Å². The Hall–Kier alpha value is -2.49. The largest absolute Gasteiger partial charge is 0.497 e. The van der Waals surface area contributed by atoms with Gasteiger partial charge in [-0.3, -0.25) is 4.79 Å². The summed E-state index contributed by atoms with van der Waals surface area (Å²) in [4.78, 5) is 14.3. The van der Waals surface area contributed by atoms with Gasteiger partial charge in [0.05, 0.1) is 19.0 Å². The fourth-order valence-electron chi connectivity index (χ4n) is 2.37. The van der Waals surface area contributed by atoms with E-state index < -0.39 is 0 Å². The SMILES string of the molecule is COc1ccc2c(c1)[nH]c1cc(CC(N)=O)ccc12. The number of aromatic nitrogens is 1. The third kappa shape index (κ3) is 2.01. The summed E-state index contributed by atoms with van der Waals surface area (Å²) >= 11 is 0. The van der Waals surface area contributed by atoms with Crippen molar-refractivity contribution in [2.45, 2.75) is 6.42 Å². The molecule has 3 rings (SSSR count). The molecule has 1 amide bonds. The molecule has 0 aliphatic rings. The van der Waals surface area contributed by atoms with Gasteiger partial charge in [-0.15, -0.1) is 0 Å². The summed E-state index contributed by atoms with van der Waals surface area (Å²) in [6.07, 6.45) is 0.259. The van der Waals surface area contributed by atoms with Crippen LogP contribution in [0, 0.1) is 0 Å². The van der Waals surface area contributed by atoms with Crippen molar-refractivity contribution >= 4 is 27.7 Å². The first-order valence-electron chi connectivity index (χ1n) is 6.04. The number of fused-ring (bicyclic) bond motifs is 3. The molecule has 3 N–H and O–H groups in total. The number of methoxy groups -OCH3 is 1. The number of carbonyl (C=O) groups is 1. The van der Waals surface area contributed by atoms with Gasteiger partial charge in [-0.2, -0.15) is 0 Å². The van der Waals surface area contributed by atoms with Crippen molar-refractivity contribution in [1.29, 1.82) is 0 Å². The van der Waals surface area contributed by atoms with Crippen LogP contribution in [0.1, 0.15) is 5.56 Å². The van der Waals surface area contributed by atoms with Gasteiger partial charge in [0, 0.05) is 22.4 Å². The number of ether oxygens (including phenoxy) is 1. The number of hydrogen-bond acceptors (Lipinski definition) is 2. The van der Waals surface area contributed by atoms with Gasteiger partial charge in [0.25, 0.3) is 0 Å². The lowest BCUT2D eigenvalue weighted by Gasteiger charge is -1.98. The zero-order valence-electron chi connectivity index (χ0n) is 10.6. The van der Waals surface area contributed by atoms with E-state index in [1.165, 1.54) is 0 Å². The van der Waals surface area contributed by atoms with Crippen molar-refractivity contribution in [3.05, 3.63) is 42.0 Å². The first-order valence-corrected chi connectivity index (χ1v) is 6.04. The first-order chi connectivity index (χ1) is 9.17. The van der Waals surface area contributed by atoms with Crippen LogP contribution in [0.15, 0.2) is 36.4 Å². The molecule has 0 saturated carbocycles. The Morgan fingerprint density at radius 2 is 1.84 bits per heavy atom. The average molecular weight is 254 g/mol. The summed E-state index contributed by atoms with van der Waals surface area (Å²) in [6, 6.07) is 11.8. The van der Waals surface area contributed by atoms with E-state index in [0.717, 1.165) is 33.1 Å². The van der Waals surface area contributed by atoms with Crippen LogP contribution in [0.4, 0.5) is 0 Å². The van der Waals surface area contributed by atoms with Gasteiger partial charge < -0.3 is 15.5 Å². The average Bonchev–Trinajstić information content (AvgIpc) is 2.74. The zero-order valence-corrected chi connectivity index (χ0v) is 10.6. The van der Waals surface area contributed by atoms with E-state index in [1.807, 2.05) is 36.4 Å². The Morgan fingerprint density at radius 1 is 1.16 bits per heavy atom. The Morgan fingerprint density at radius 3 is 2.53 bits per heavy atom. The van der Waals surface area contributed by atoms with Crippen molar-refractivity contribution in [3.63, 3.8) is 0 Å². The minimum Gasteiger partial charge on any atom is -0.497 e. The molecule has 0 atom stereocenters. The molecule has 0 aliphatic heterocycles. The van der Waals surface area contributed by atoms with E-state index in [0.29, 0.717) is 0 Å². The molecule has 0 aliphatic carbocycles. The monoisotopic (exact) mass is 254 g/mol. The number of aromatic amines is 1. The first kappa shape index (κ1) is 11.6. The highest BCUT2D eigenvalue weighted by atomic mass is 16.5. The molecular weight excluding hydrogens is 240 g/mol. The summed E-state index contributed by atoms with van der Waals surface area (Å²) in [6.45, 7) is 0. The third-order valence-corrected chi connectivity index (χ3v) is 3.25. The standard InChI is InChI=1S/C15H14N2O2/c1-19-10-3-5-12-11-4-2-9(7-15(16)18)6-13(11)17-14(12)8-10/h2-6,8,17H,7H2,1H3,(H2,16,18). The lowest BCUT2D eigenvalue weighted by atomic mass is 10.1. The molecule has 3 aromatic rings. The molecule has 0 unspecified atom stereocenters. The van der Waals surface area contributed by atoms with Crippen LogP contribution in [-0.2, 0) is 11.2 Å². The molecule has 0 radical (unpaired) electrons. The van der Waals surface area contributed by atoms with Gasteiger partial charge in [0.2, 0.25) is 5.91 Å². The summed E-state index contributed by atoms with van der Waals surface area (Å²) in [5.74, 6) is 0.494. The predicted octanol–water partition coefficient (Wildman–Crippen LogP) is 2.36. The van der Waals surface area contributed by atoms with Gasteiger partial charge in [-0.25, -0.2) is 0 Å². The summed E-state index contributed by atoms with van der Waals surface area (Å²) < 4.78 is 5.21. The van der Waals surface area contributed by atoms with E-state index >= 15 is 0 Å². The van der Waals surface area contributed by atoms with Crippen LogP contribution >= 0.6 is 0 Å². The Balaban J connectivity index is 2.18. The maximum Gasteiger partial charge on any atom is 0.221 e. The maximum absolute atomic E-state index is 11.0. The molecule has 4 nitrogen and oxygen atoms in total. The van der Waals surface area contributed by atoms with E-state index in [1.54, 1.807) is 7.11 Å². The molecule has 96 valence electrons. The second-order valence-electron chi connectivity index (χ2n) is 4.56. The van der Waals surface area contributed by atoms with Crippen LogP contribution in [0.5, 0.6) is 5.75 Å². The van der Waals surface area contributed by atoms with E-state index in [-0.39, 0.29) is 12.3 Å². The molecule has 1 heterocycles. The number of benzene rings is 2. The number of primary amides is 1. The van der Waals surface area contributed by atoms with E-state index in [9.17, 15) is 4.79 Å². The highest BCUT2D eigenvalue weighted by molar-refractivity contribution is 6.07. The number of nitrogens with one attached hydrogen (secondary N) is 1. The zero-order chi connectivity index (χ0) is 13.4. The van der Waals surface area contributed by atoms with Crippen molar-refractivity contribution in [2.75, 3.05) is 7.11 Å². The smallest absolute Gasteiger partial charge is 0.221 e. The van der Waals surface area contributed by atoms with Gasteiger partial charge in [-0.1, -0.05) is 12.1 Å². The summed E-state index contributed by atoms with van der Waals surface area (Å²) in [7, 11) is 1.65. The second-order valence-corrected chi connectivity index (χ2v) is 4.56. The summed E-state index contributed by atoms with van der Waals surface area (Å²) in [5.41, 5.74) is 8.15. The van der Waals surface area contributed by atoms with E-state index in [4.69, 9.17) is 10.5 Å². The number of H-pyrrole nitrogens is 1. The molecule has 2 aromatic carbocycles. The fraction of sp³-hybridized carbons (Fsp3) is 0.133.